The van der Waals surface area contributed by atoms with Gasteiger partial charge in [-0.15, -0.1) is 0 Å². The number of pyridine rings is 1. The molecular formula is C10H11IN2O. The van der Waals surface area contributed by atoms with E-state index in [4.69, 9.17) is 4.74 Å². The maximum Gasteiger partial charge on any atom is 0.0641 e. The summed E-state index contributed by atoms with van der Waals surface area (Å²) in [5.74, 6) is 0. The van der Waals surface area contributed by atoms with E-state index in [1.54, 1.807) is 7.11 Å². The third-order valence-electron chi connectivity index (χ3n) is 2.17. The van der Waals surface area contributed by atoms with Crippen LogP contribution in [0.25, 0.3) is 10.9 Å². The van der Waals surface area contributed by atoms with Gasteiger partial charge in [0.25, 0.3) is 0 Å². The Morgan fingerprint density at radius 1 is 1.57 bits per heavy atom. The van der Waals surface area contributed by atoms with Crippen molar-refractivity contribution in [3.8, 4) is 0 Å². The Hall–Kier alpha value is -0.620. The summed E-state index contributed by atoms with van der Waals surface area (Å²) in [6, 6.07) is 2.03. The number of nitrogens with zero attached hydrogens (tertiary/aromatic N) is 2. The molecule has 0 N–H and O–H groups in total. The quantitative estimate of drug-likeness (QED) is 0.813. The van der Waals surface area contributed by atoms with Crippen LogP contribution in [0.3, 0.4) is 0 Å². The van der Waals surface area contributed by atoms with Crippen molar-refractivity contribution >= 4 is 33.5 Å². The molecule has 0 spiro atoms. The van der Waals surface area contributed by atoms with E-state index in [1.807, 2.05) is 18.5 Å². The molecule has 0 amide bonds. The van der Waals surface area contributed by atoms with Crippen molar-refractivity contribution in [2.45, 2.75) is 6.54 Å². The minimum atomic E-state index is 0.738. The molecule has 2 heterocycles. The molecule has 0 fully saturated rings. The number of methoxy groups -OCH3 is 1. The van der Waals surface area contributed by atoms with Crippen LogP contribution in [0.5, 0.6) is 0 Å². The Kier molecular flexibility index (Phi) is 3.02. The van der Waals surface area contributed by atoms with E-state index < -0.39 is 0 Å². The molecular weight excluding hydrogens is 291 g/mol. The number of hydrogen-bond donors (Lipinski definition) is 0. The third kappa shape index (κ3) is 1.76. The van der Waals surface area contributed by atoms with Crippen molar-refractivity contribution in [1.29, 1.82) is 0 Å². The number of halogens is 1. The first-order valence-corrected chi connectivity index (χ1v) is 5.48. The third-order valence-corrected chi connectivity index (χ3v) is 3.03. The van der Waals surface area contributed by atoms with Crippen LogP contribution < -0.4 is 0 Å². The van der Waals surface area contributed by atoms with Crippen molar-refractivity contribution in [3.05, 3.63) is 28.2 Å². The van der Waals surface area contributed by atoms with E-state index >= 15 is 0 Å². The zero-order valence-corrected chi connectivity index (χ0v) is 10.1. The van der Waals surface area contributed by atoms with Gasteiger partial charge >= 0.3 is 0 Å². The van der Waals surface area contributed by atoms with Crippen LogP contribution in [-0.2, 0) is 11.3 Å². The second-order valence-electron chi connectivity index (χ2n) is 3.06. The molecule has 0 atom stereocenters. The Morgan fingerprint density at radius 3 is 3.21 bits per heavy atom. The molecule has 2 rings (SSSR count). The Morgan fingerprint density at radius 2 is 2.43 bits per heavy atom. The first kappa shape index (κ1) is 9.92. The maximum absolute atomic E-state index is 5.07. The van der Waals surface area contributed by atoms with Gasteiger partial charge in [0.05, 0.1) is 12.1 Å². The number of ether oxygens (including phenoxy) is 1. The first-order chi connectivity index (χ1) is 6.83. The fourth-order valence-electron chi connectivity index (χ4n) is 1.47. The molecule has 0 radical (unpaired) electrons. The molecule has 0 aliphatic heterocycles. The van der Waals surface area contributed by atoms with E-state index in [1.165, 1.54) is 14.5 Å². The summed E-state index contributed by atoms with van der Waals surface area (Å²) in [6.07, 6.45) is 5.86. The van der Waals surface area contributed by atoms with Gasteiger partial charge in [-0.3, -0.25) is 4.98 Å². The van der Waals surface area contributed by atoms with Gasteiger partial charge in [0.1, 0.15) is 0 Å². The van der Waals surface area contributed by atoms with E-state index in [2.05, 4.69) is 38.3 Å². The van der Waals surface area contributed by atoms with Gasteiger partial charge in [0.2, 0.25) is 0 Å². The highest BCUT2D eigenvalue weighted by molar-refractivity contribution is 14.1. The molecule has 0 saturated carbocycles. The predicted octanol–water partition coefficient (Wildman–Crippen LogP) is 2.29. The van der Waals surface area contributed by atoms with Gasteiger partial charge in [0.15, 0.2) is 0 Å². The highest BCUT2D eigenvalue weighted by Crippen LogP contribution is 2.21. The van der Waals surface area contributed by atoms with Crippen molar-refractivity contribution in [2.75, 3.05) is 13.7 Å². The van der Waals surface area contributed by atoms with E-state index in [0.29, 0.717) is 0 Å². The number of aromatic nitrogens is 2. The topological polar surface area (TPSA) is 27.1 Å². The predicted molar refractivity (Wildman–Crippen MR) is 64.3 cm³/mol. The molecule has 74 valence electrons. The Balaban J connectivity index is 2.44. The Labute approximate surface area is 96.2 Å². The molecule has 14 heavy (non-hydrogen) atoms. The van der Waals surface area contributed by atoms with E-state index in [-0.39, 0.29) is 0 Å². The fourth-order valence-corrected chi connectivity index (χ4v) is 2.22. The number of hydrogen-bond acceptors (Lipinski definition) is 2. The molecule has 4 heteroatoms. The summed E-state index contributed by atoms with van der Waals surface area (Å²) >= 11 is 2.33. The molecule has 0 aromatic carbocycles. The van der Waals surface area contributed by atoms with E-state index in [0.717, 1.165) is 13.2 Å². The monoisotopic (exact) mass is 302 g/mol. The molecule has 0 aliphatic rings. The van der Waals surface area contributed by atoms with Crippen LogP contribution in [0.2, 0.25) is 0 Å². The van der Waals surface area contributed by atoms with Crippen LogP contribution in [0, 0.1) is 3.57 Å². The van der Waals surface area contributed by atoms with Gasteiger partial charge in [-0.2, -0.15) is 0 Å². The van der Waals surface area contributed by atoms with Crippen molar-refractivity contribution in [2.24, 2.45) is 0 Å². The molecule has 3 nitrogen and oxygen atoms in total. The summed E-state index contributed by atoms with van der Waals surface area (Å²) in [5.41, 5.74) is 1.22. The zero-order chi connectivity index (χ0) is 9.97. The van der Waals surface area contributed by atoms with Gasteiger partial charge < -0.3 is 9.30 Å². The maximum atomic E-state index is 5.07. The van der Waals surface area contributed by atoms with Crippen LogP contribution in [0.1, 0.15) is 0 Å². The average molecular weight is 302 g/mol. The highest BCUT2D eigenvalue weighted by atomic mass is 127. The molecule has 0 bridgehead atoms. The SMILES string of the molecule is COCCn1cc(I)c2cnccc21. The minimum absolute atomic E-state index is 0.738. The lowest BCUT2D eigenvalue weighted by Crippen LogP contribution is -2.02. The molecule has 0 saturated heterocycles. The zero-order valence-electron chi connectivity index (χ0n) is 7.90. The smallest absolute Gasteiger partial charge is 0.0641 e. The highest BCUT2D eigenvalue weighted by Gasteiger charge is 2.04. The normalized spacial score (nSPS) is 11.0. The molecule has 0 unspecified atom stereocenters. The van der Waals surface area contributed by atoms with Crippen molar-refractivity contribution in [1.82, 2.24) is 9.55 Å². The lowest BCUT2D eigenvalue weighted by atomic mass is 10.3. The Bertz CT molecular complexity index is 439. The summed E-state index contributed by atoms with van der Waals surface area (Å²) < 4.78 is 8.50. The summed E-state index contributed by atoms with van der Waals surface area (Å²) in [4.78, 5) is 4.12. The van der Waals surface area contributed by atoms with Crippen molar-refractivity contribution in [3.63, 3.8) is 0 Å². The summed E-state index contributed by atoms with van der Waals surface area (Å²) in [7, 11) is 1.72. The standard InChI is InChI=1S/C10H11IN2O/c1-14-5-4-13-7-9(11)8-6-12-3-2-10(8)13/h2-3,6-7H,4-5H2,1H3. The minimum Gasteiger partial charge on any atom is -0.383 e. The summed E-state index contributed by atoms with van der Waals surface area (Å²) in [6.45, 7) is 1.63. The molecule has 0 aliphatic carbocycles. The van der Waals surface area contributed by atoms with Crippen LogP contribution >= 0.6 is 22.6 Å². The molecule has 2 aromatic heterocycles. The largest absolute Gasteiger partial charge is 0.383 e. The fraction of sp³-hybridized carbons (Fsp3) is 0.300. The number of rotatable bonds is 3. The van der Waals surface area contributed by atoms with Crippen molar-refractivity contribution < 1.29 is 4.74 Å². The van der Waals surface area contributed by atoms with Gasteiger partial charge in [0, 0.05) is 41.2 Å². The van der Waals surface area contributed by atoms with Crippen LogP contribution in [0.15, 0.2) is 24.7 Å². The molecule has 2 aromatic rings. The van der Waals surface area contributed by atoms with Gasteiger partial charge in [-0.1, -0.05) is 0 Å². The van der Waals surface area contributed by atoms with E-state index in [9.17, 15) is 0 Å². The van der Waals surface area contributed by atoms with Crippen LogP contribution in [0.4, 0.5) is 0 Å². The van der Waals surface area contributed by atoms with Gasteiger partial charge in [-0.25, -0.2) is 0 Å². The average Bonchev–Trinajstić information content (AvgIpc) is 2.54. The number of fused-ring (bicyclic) bond motifs is 1. The second-order valence-corrected chi connectivity index (χ2v) is 4.22. The second kappa shape index (κ2) is 4.27. The first-order valence-electron chi connectivity index (χ1n) is 4.40. The lowest BCUT2D eigenvalue weighted by Gasteiger charge is -2.02. The lowest BCUT2D eigenvalue weighted by molar-refractivity contribution is 0.188. The van der Waals surface area contributed by atoms with Gasteiger partial charge in [-0.05, 0) is 28.7 Å². The summed E-state index contributed by atoms with van der Waals surface area (Å²) in [5, 5.41) is 1.21. The van der Waals surface area contributed by atoms with Crippen LogP contribution in [-0.4, -0.2) is 23.3 Å².